The molecular formula is C20H22N2O. The summed E-state index contributed by atoms with van der Waals surface area (Å²) in [4.78, 5) is 17.7. The summed E-state index contributed by atoms with van der Waals surface area (Å²) in [6.07, 6.45) is 2.35. The topological polar surface area (TPSA) is 36.1 Å². The number of benzene rings is 2. The number of amides is 1. The zero-order valence-electron chi connectivity index (χ0n) is 13.8. The highest BCUT2D eigenvalue weighted by molar-refractivity contribution is 5.88. The van der Waals surface area contributed by atoms with Gasteiger partial charge in [0, 0.05) is 24.1 Å². The minimum atomic E-state index is 0.0632. The summed E-state index contributed by atoms with van der Waals surface area (Å²) in [5, 5.41) is 1.12. The van der Waals surface area contributed by atoms with E-state index >= 15 is 0 Å². The van der Waals surface area contributed by atoms with Crippen molar-refractivity contribution in [3.8, 4) is 0 Å². The maximum Gasteiger partial charge on any atom is 0.227 e. The van der Waals surface area contributed by atoms with Crippen molar-refractivity contribution in [1.82, 2.24) is 9.88 Å². The number of likely N-dealkylation sites (N-methyl/N-ethyl adjacent to an activating group) is 1. The second kappa shape index (κ2) is 6.29. The number of fused-ring (bicyclic) bond motifs is 1. The molecule has 0 spiro atoms. The average Bonchev–Trinajstić information content (AvgIpc) is 2.97. The summed E-state index contributed by atoms with van der Waals surface area (Å²) in [5.41, 5.74) is 4.51. The standard InChI is InChI=1S/C20H22N2O/c1-14-8-10-16(11-9-14)15(2)22(3)20(23)12-17-13-21-19-7-5-4-6-18(17)19/h4-11,13,15,21H,12H2,1-3H3. The van der Waals surface area contributed by atoms with Crippen molar-refractivity contribution >= 4 is 16.8 Å². The minimum absolute atomic E-state index is 0.0632. The Hall–Kier alpha value is -2.55. The van der Waals surface area contributed by atoms with E-state index in [0.29, 0.717) is 6.42 Å². The lowest BCUT2D eigenvalue weighted by molar-refractivity contribution is -0.131. The summed E-state index contributed by atoms with van der Waals surface area (Å²) in [6.45, 7) is 4.14. The van der Waals surface area contributed by atoms with Crippen LogP contribution >= 0.6 is 0 Å². The monoisotopic (exact) mass is 306 g/mol. The largest absolute Gasteiger partial charge is 0.361 e. The first kappa shape index (κ1) is 15.3. The quantitative estimate of drug-likeness (QED) is 0.769. The van der Waals surface area contributed by atoms with Crippen LogP contribution < -0.4 is 0 Å². The first-order valence-corrected chi connectivity index (χ1v) is 7.93. The summed E-state index contributed by atoms with van der Waals surface area (Å²) in [6, 6.07) is 16.5. The molecule has 0 aliphatic heterocycles. The van der Waals surface area contributed by atoms with Gasteiger partial charge < -0.3 is 9.88 Å². The predicted octanol–water partition coefficient (Wildman–Crippen LogP) is 4.24. The highest BCUT2D eigenvalue weighted by Gasteiger charge is 2.18. The molecule has 1 amide bonds. The lowest BCUT2D eigenvalue weighted by Crippen LogP contribution is -2.30. The van der Waals surface area contributed by atoms with Crippen LogP contribution in [-0.2, 0) is 11.2 Å². The molecule has 3 rings (SSSR count). The van der Waals surface area contributed by atoms with Gasteiger partial charge in [-0.15, -0.1) is 0 Å². The van der Waals surface area contributed by atoms with Gasteiger partial charge in [0.15, 0.2) is 0 Å². The molecule has 3 nitrogen and oxygen atoms in total. The molecule has 0 bridgehead atoms. The third-order valence-electron chi connectivity index (χ3n) is 4.55. The van der Waals surface area contributed by atoms with Gasteiger partial charge in [-0.05, 0) is 31.0 Å². The lowest BCUT2D eigenvalue weighted by Gasteiger charge is -2.25. The number of aromatic amines is 1. The number of hydrogen-bond donors (Lipinski definition) is 1. The van der Waals surface area contributed by atoms with Crippen molar-refractivity contribution in [2.24, 2.45) is 0 Å². The van der Waals surface area contributed by atoms with Gasteiger partial charge in [0.1, 0.15) is 0 Å². The van der Waals surface area contributed by atoms with Gasteiger partial charge in [0.05, 0.1) is 12.5 Å². The van der Waals surface area contributed by atoms with Gasteiger partial charge in [-0.3, -0.25) is 4.79 Å². The molecule has 0 radical (unpaired) electrons. The number of hydrogen-bond acceptors (Lipinski definition) is 1. The van der Waals surface area contributed by atoms with E-state index in [1.54, 1.807) is 0 Å². The Labute approximate surface area is 136 Å². The maximum absolute atomic E-state index is 12.6. The van der Waals surface area contributed by atoms with Crippen molar-refractivity contribution in [2.45, 2.75) is 26.3 Å². The Morgan fingerprint density at radius 3 is 2.57 bits per heavy atom. The number of carbonyl (C=O) groups excluding carboxylic acids is 1. The zero-order chi connectivity index (χ0) is 16.4. The second-order valence-corrected chi connectivity index (χ2v) is 6.13. The van der Waals surface area contributed by atoms with Gasteiger partial charge >= 0.3 is 0 Å². The molecule has 1 atom stereocenters. The third-order valence-corrected chi connectivity index (χ3v) is 4.55. The number of para-hydroxylation sites is 1. The average molecular weight is 306 g/mol. The van der Waals surface area contributed by atoms with E-state index in [2.05, 4.69) is 49.2 Å². The van der Waals surface area contributed by atoms with E-state index in [4.69, 9.17) is 0 Å². The summed E-state index contributed by atoms with van der Waals surface area (Å²) < 4.78 is 0. The van der Waals surface area contributed by atoms with Crippen molar-refractivity contribution in [2.75, 3.05) is 7.05 Å². The first-order chi connectivity index (χ1) is 11.1. The van der Waals surface area contributed by atoms with Gasteiger partial charge in [-0.1, -0.05) is 48.0 Å². The Morgan fingerprint density at radius 1 is 1.13 bits per heavy atom. The molecule has 23 heavy (non-hydrogen) atoms. The zero-order valence-corrected chi connectivity index (χ0v) is 13.8. The van der Waals surface area contributed by atoms with E-state index in [1.165, 1.54) is 5.56 Å². The van der Waals surface area contributed by atoms with E-state index in [9.17, 15) is 4.79 Å². The lowest BCUT2D eigenvalue weighted by atomic mass is 10.0. The molecule has 0 aliphatic rings. The molecule has 0 saturated heterocycles. The number of aryl methyl sites for hydroxylation is 1. The Kier molecular flexibility index (Phi) is 4.20. The fourth-order valence-corrected chi connectivity index (χ4v) is 2.85. The Bertz CT molecular complexity index is 817. The van der Waals surface area contributed by atoms with Crippen molar-refractivity contribution < 1.29 is 4.79 Å². The summed E-state index contributed by atoms with van der Waals surface area (Å²) in [7, 11) is 1.88. The van der Waals surface area contributed by atoms with Crippen molar-refractivity contribution in [3.05, 3.63) is 71.4 Å². The second-order valence-electron chi connectivity index (χ2n) is 6.13. The molecule has 0 aliphatic carbocycles. The number of nitrogens with zero attached hydrogens (tertiary/aromatic N) is 1. The summed E-state index contributed by atoms with van der Waals surface area (Å²) >= 11 is 0. The molecule has 2 aromatic carbocycles. The van der Waals surface area contributed by atoms with Gasteiger partial charge in [0.25, 0.3) is 0 Å². The van der Waals surface area contributed by atoms with Crippen LogP contribution in [0.4, 0.5) is 0 Å². The Balaban J connectivity index is 1.75. The first-order valence-electron chi connectivity index (χ1n) is 7.93. The maximum atomic E-state index is 12.6. The minimum Gasteiger partial charge on any atom is -0.361 e. The molecule has 1 aromatic heterocycles. The number of carbonyl (C=O) groups is 1. The van der Waals surface area contributed by atoms with E-state index in [1.807, 2.05) is 36.3 Å². The fourth-order valence-electron chi connectivity index (χ4n) is 2.85. The molecule has 1 N–H and O–H groups in total. The molecule has 3 heteroatoms. The molecular weight excluding hydrogens is 284 g/mol. The number of H-pyrrole nitrogens is 1. The van der Waals surface area contributed by atoms with Gasteiger partial charge in [-0.25, -0.2) is 0 Å². The van der Waals surface area contributed by atoms with E-state index in [-0.39, 0.29) is 11.9 Å². The third kappa shape index (κ3) is 3.14. The fraction of sp³-hybridized carbons (Fsp3) is 0.250. The van der Waals surface area contributed by atoms with Crippen LogP contribution in [0.3, 0.4) is 0 Å². The number of rotatable bonds is 4. The normalized spacial score (nSPS) is 12.3. The van der Waals surface area contributed by atoms with Gasteiger partial charge in [-0.2, -0.15) is 0 Å². The predicted molar refractivity (Wildman–Crippen MR) is 94.4 cm³/mol. The highest BCUT2D eigenvalue weighted by atomic mass is 16.2. The molecule has 1 heterocycles. The van der Waals surface area contributed by atoms with Crippen LogP contribution in [0.2, 0.25) is 0 Å². The number of aromatic nitrogens is 1. The SMILES string of the molecule is Cc1ccc(C(C)N(C)C(=O)Cc2c[nH]c3ccccc23)cc1. The molecule has 3 aromatic rings. The van der Waals surface area contributed by atoms with Crippen LogP contribution in [0.15, 0.2) is 54.7 Å². The van der Waals surface area contributed by atoms with Crippen LogP contribution in [0, 0.1) is 6.92 Å². The molecule has 118 valence electrons. The molecule has 1 unspecified atom stereocenters. The van der Waals surface area contributed by atoms with Crippen molar-refractivity contribution in [1.29, 1.82) is 0 Å². The molecule has 0 saturated carbocycles. The van der Waals surface area contributed by atoms with Crippen LogP contribution in [0.25, 0.3) is 10.9 Å². The van der Waals surface area contributed by atoms with Crippen LogP contribution in [0.5, 0.6) is 0 Å². The van der Waals surface area contributed by atoms with Crippen molar-refractivity contribution in [3.63, 3.8) is 0 Å². The highest BCUT2D eigenvalue weighted by Crippen LogP contribution is 2.22. The van der Waals surface area contributed by atoms with E-state index < -0.39 is 0 Å². The van der Waals surface area contributed by atoms with Crippen LogP contribution in [0.1, 0.15) is 29.7 Å². The smallest absolute Gasteiger partial charge is 0.227 e. The van der Waals surface area contributed by atoms with Crippen LogP contribution in [-0.4, -0.2) is 22.8 Å². The number of nitrogens with one attached hydrogen (secondary N) is 1. The Morgan fingerprint density at radius 2 is 1.83 bits per heavy atom. The summed E-state index contributed by atoms with van der Waals surface area (Å²) in [5.74, 6) is 0.128. The molecule has 0 fully saturated rings. The van der Waals surface area contributed by atoms with Gasteiger partial charge in [0.2, 0.25) is 5.91 Å². The van der Waals surface area contributed by atoms with E-state index in [0.717, 1.165) is 22.0 Å².